The lowest BCUT2D eigenvalue weighted by Crippen LogP contribution is -2.38. The van der Waals surface area contributed by atoms with Crippen molar-refractivity contribution in [3.8, 4) is 0 Å². The van der Waals surface area contributed by atoms with Crippen molar-refractivity contribution in [3.05, 3.63) is 12.7 Å². The number of rotatable bonds is 12. The summed E-state index contributed by atoms with van der Waals surface area (Å²) in [5, 5.41) is 0. The van der Waals surface area contributed by atoms with Crippen molar-refractivity contribution in [2.24, 2.45) is 0 Å². The highest BCUT2D eigenvalue weighted by atomic mass is 28.4. The van der Waals surface area contributed by atoms with E-state index >= 15 is 0 Å². The second kappa shape index (κ2) is 23.0. The Kier molecular flexibility index (Phi) is 27.6. The predicted octanol–water partition coefficient (Wildman–Crippen LogP) is 5.42. The number of unbranched alkanes of at least 4 members (excludes halogenated alkanes) is 1. The summed E-state index contributed by atoms with van der Waals surface area (Å²) in [6.07, 6.45) is 5.41. The van der Waals surface area contributed by atoms with E-state index in [1.807, 2.05) is 40.3 Å². The van der Waals surface area contributed by atoms with Crippen LogP contribution in [-0.2, 0) is 17.7 Å². The van der Waals surface area contributed by atoms with Crippen molar-refractivity contribution in [2.75, 3.05) is 26.4 Å². The topological polar surface area (TPSA) is 36.9 Å². The van der Waals surface area contributed by atoms with E-state index in [0.717, 1.165) is 38.9 Å². The summed E-state index contributed by atoms with van der Waals surface area (Å²) in [6, 6.07) is 1.13. The molecule has 0 rings (SSSR count). The van der Waals surface area contributed by atoms with Crippen molar-refractivity contribution in [1.82, 2.24) is 0 Å². The van der Waals surface area contributed by atoms with Gasteiger partial charge in [0.2, 0.25) is 0 Å². The molecule has 4 nitrogen and oxygen atoms in total. The highest BCUT2D eigenvalue weighted by molar-refractivity contribution is 6.66. The van der Waals surface area contributed by atoms with Gasteiger partial charge in [-0.05, 0) is 53.3 Å². The first kappa shape index (κ1) is 28.8. The van der Waals surface area contributed by atoms with E-state index in [9.17, 15) is 0 Å². The minimum atomic E-state index is -1.77. The third-order valence-corrected chi connectivity index (χ3v) is 7.64. The molecule has 0 heterocycles. The molecular formula is C18H44O4Si2. The van der Waals surface area contributed by atoms with Gasteiger partial charge in [0.05, 0.1) is 0 Å². The van der Waals surface area contributed by atoms with Crippen LogP contribution in [0.25, 0.3) is 0 Å². The van der Waals surface area contributed by atoms with E-state index in [-0.39, 0.29) is 0 Å². The van der Waals surface area contributed by atoms with E-state index in [0.29, 0.717) is 0 Å². The van der Waals surface area contributed by atoms with E-state index in [1.54, 1.807) is 0 Å². The lowest BCUT2D eigenvalue weighted by Gasteiger charge is -2.25. The van der Waals surface area contributed by atoms with Crippen LogP contribution in [0.3, 0.4) is 0 Å². The SMILES string of the molecule is C=CCC.CCCC[Si](C)(OCC)OCC.CCO[SiH](C)OCC. The Morgan fingerprint density at radius 1 is 0.875 bits per heavy atom. The standard InChI is InChI=1S/C9H22O2Si.C5H14O2Si.C4H8/c1-5-8-9-12(4,10-6-2)11-7-3;1-4-6-8(3)7-5-2;1-3-4-2/h5-9H2,1-4H3;8H,4-5H2,1-3H3;3H,1,4H2,2H3. The molecule has 0 saturated heterocycles. The molecule has 0 saturated carbocycles. The second-order valence-electron chi connectivity index (χ2n) is 5.28. The van der Waals surface area contributed by atoms with Crippen molar-refractivity contribution in [1.29, 1.82) is 0 Å². The zero-order valence-corrected chi connectivity index (χ0v) is 19.8. The van der Waals surface area contributed by atoms with Crippen molar-refractivity contribution in [2.45, 2.75) is 79.9 Å². The van der Waals surface area contributed by atoms with Gasteiger partial charge < -0.3 is 17.7 Å². The van der Waals surface area contributed by atoms with Gasteiger partial charge >= 0.3 is 17.8 Å². The minimum Gasteiger partial charge on any atom is -0.397 e. The maximum absolute atomic E-state index is 5.69. The maximum Gasteiger partial charge on any atom is 0.334 e. The molecule has 0 aromatic heterocycles. The molecule has 0 aliphatic carbocycles. The van der Waals surface area contributed by atoms with Crippen LogP contribution in [0.1, 0.15) is 60.8 Å². The predicted molar refractivity (Wildman–Crippen MR) is 111 cm³/mol. The highest BCUT2D eigenvalue weighted by Gasteiger charge is 2.29. The molecule has 148 valence electrons. The summed E-state index contributed by atoms with van der Waals surface area (Å²) in [5.74, 6) is 0. The quantitative estimate of drug-likeness (QED) is 0.334. The Balaban J connectivity index is -0.000000316. The summed E-state index contributed by atoms with van der Waals surface area (Å²) in [4.78, 5) is 0. The fourth-order valence-electron chi connectivity index (χ4n) is 1.81. The molecule has 0 aromatic rings. The summed E-state index contributed by atoms with van der Waals surface area (Å²) < 4.78 is 21.8. The van der Waals surface area contributed by atoms with Crippen LogP contribution in [-0.4, -0.2) is 44.3 Å². The molecule has 0 bridgehead atoms. The Hall–Kier alpha value is 0.0138. The molecule has 0 spiro atoms. The smallest absolute Gasteiger partial charge is 0.334 e. The Bertz CT molecular complexity index is 229. The van der Waals surface area contributed by atoms with Crippen molar-refractivity contribution >= 4 is 17.8 Å². The third-order valence-electron chi connectivity index (χ3n) is 2.98. The monoisotopic (exact) mass is 380 g/mol. The Morgan fingerprint density at radius 2 is 1.29 bits per heavy atom. The Labute approximate surface area is 155 Å². The average molecular weight is 381 g/mol. The van der Waals surface area contributed by atoms with Crippen LogP contribution in [0.5, 0.6) is 0 Å². The Morgan fingerprint density at radius 3 is 1.54 bits per heavy atom. The van der Waals surface area contributed by atoms with Crippen LogP contribution in [0.15, 0.2) is 12.7 Å². The maximum atomic E-state index is 5.69. The molecule has 0 aliphatic heterocycles. The van der Waals surface area contributed by atoms with Gasteiger partial charge in [-0.2, -0.15) is 0 Å². The number of hydrogen-bond donors (Lipinski definition) is 0. The molecule has 0 N–H and O–H groups in total. The third kappa shape index (κ3) is 24.3. The normalized spacial score (nSPS) is 10.5. The van der Waals surface area contributed by atoms with E-state index in [2.05, 4.69) is 27.0 Å². The van der Waals surface area contributed by atoms with Crippen molar-refractivity contribution < 1.29 is 17.7 Å². The lowest BCUT2D eigenvalue weighted by molar-refractivity contribution is 0.188. The summed E-state index contributed by atoms with van der Waals surface area (Å²) >= 11 is 0. The molecule has 0 fully saturated rings. The summed E-state index contributed by atoms with van der Waals surface area (Å²) in [7, 11) is -2.97. The zero-order valence-electron chi connectivity index (χ0n) is 17.7. The van der Waals surface area contributed by atoms with Gasteiger partial charge in [-0.3, -0.25) is 0 Å². The van der Waals surface area contributed by atoms with Gasteiger partial charge in [0.15, 0.2) is 0 Å². The van der Waals surface area contributed by atoms with E-state index < -0.39 is 17.8 Å². The number of hydrogen-bond acceptors (Lipinski definition) is 4. The molecule has 0 aromatic carbocycles. The van der Waals surface area contributed by atoms with Crippen LogP contribution in [0.2, 0.25) is 19.1 Å². The van der Waals surface area contributed by atoms with Crippen LogP contribution >= 0.6 is 0 Å². The van der Waals surface area contributed by atoms with Gasteiger partial charge in [0.25, 0.3) is 0 Å². The molecule has 0 radical (unpaired) electrons. The first-order chi connectivity index (χ1) is 11.4. The molecule has 0 unspecified atom stereocenters. The first-order valence-corrected chi connectivity index (χ1v) is 14.1. The number of allylic oxidation sites excluding steroid dienone is 1. The molecule has 24 heavy (non-hydrogen) atoms. The van der Waals surface area contributed by atoms with Crippen molar-refractivity contribution in [3.63, 3.8) is 0 Å². The van der Waals surface area contributed by atoms with Gasteiger partial charge in [-0.25, -0.2) is 0 Å². The van der Waals surface area contributed by atoms with E-state index in [1.165, 1.54) is 12.8 Å². The molecular weight excluding hydrogens is 336 g/mol. The van der Waals surface area contributed by atoms with Gasteiger partial charge in [-0.15, -0.1) is 6.58 Å². The van der Waals surface area contributed by atoms with Crippen LogP contribution in [0, 0.1) is 0 Å². The summed E-state index contributed by atoms with van der Waals surface area (Å²) in [6.45, 7) is 23.1. The average Bonchev–Trinajstić information content (AvgIpc) is 2.55. The molecule has 0 atom stereocenters. The highest BCUT2D eigenvalue weighted by Crippen LogP contribution is 2.16. The first-order valence-electron chi connectivity index (χ1n) is 9.52. The van der Waals surface area contributed by atoms with E-state index in [4.69, 9.17) is 17.7 Å². The fraction of sp³-hybridized carbons (Fsp3) is 0.889. The lowest BCUT2D eigenvalue weighted by atomic mass is 10.4. The largest absolute Gasteiger partial charge is 0.397 e. The summed E-state index contributed by atoms with van der Waals surface area (Å²) in [5.41, 5.74) is 0. The molecule has 0 aliphatic rings. The minimum absolute atomic E-state index is 0.784. The van der Waals surface area contributed by atoms with Gasteiger partial charge in [-0.1, -0.05) is 32.8 Å². The molecule has 0 amide bonds. The van der Waals surface area contributed by atoms with Gasteiger partial charge in [0.1, 0.15) is 0 Å². The fourth-order valence-corrected chi connectivity index (χ4v) is 5.44. The molecule has 6 heteroatoms. The second-order valence-corrected chi connectivity index (χ2v) is 10.4. The van der Waals surface area contributed by atoms with Crippen LogP contribution in [0.4, 0.5) is 0 Å². The van der Waals surface area contributed by atoms with Gasteiger partial charge in [0, 0.05) is 26.4 Å². The zero-order chi connectivity index (χ0) is 19.3. The van der Waals surface area contributed by atoms with Crippen LogP contribution < -0.4 is 0 Å².